The van der Waals surface area contributed by atoms with Crippen molar-refractivity contribution in [3.8, 4) is 0 Å². The smallest absolute Gasteiger partial charge is 0.191 e. The van der Waals surface area contributed by atoms with E-state index in [0.29, 0.717) is 19.0 Å². The van der Waals surface area contributed by atoms with Crippen molar-refractivity contribution in [2.45, 2.75) is 26.9 Å². The number of nitrogens with one attached hydrogen (secondary N) is 2. The highest BCUT2D eigenvalue weighted by atomic mass is 19.1. The largest absolute Gasteiger partial charge is 0.357 e. The maximum absolute atomic E-state index is 13.6. The molecule has 1 aromatic carbocycles. The highest BCUT2D eigenvalue weighted by Crippen LogP contribution is 2.10. The third-order valence-electron chi connectivity index (χ3n) is 3.36. The second kappa shape index (κ2) is 7.66. The van der Waals surface area contributed by atoms with E-state index in [2.05, 4.69) is 25.8 Å². The summed E-state index contributed by atoms with van der Waals surface area (Å²) in [7, 11) is 1.87. The summed E-state index contributed by atoms with van der Waals surface area (Å²) in [6.45, 7) is 4.90. The Kier molecular flexibility index (Phi) is 5.61. The van der Waals surface area contributed by atoms with Crippen molar-refractivity contribution in [1.82, 2.24) is 25.4 Å². The molecule has 0 aliphatic carbocycles. The summed E-state index contributed by atoms with van der Waals surface area (Å²) < 4.78 is 28.6. The molecule has 0 fully saturated rings. The molecule has 2 rings (SSSR count). The van der Waals surface area contributed by atoms with Gasteiger partial charge in [0, 0.05) is 19.2 Å². The van der Waals surface area contributed by atoms with Gasteiger partial charge in [-0.25, -0.2) is 13.8 Å². The fraction of sp³-hybridized carbons (Fsp3) is 0.400. The van der Waals surface area contributed by atoms with Gasteiger partial charge in [-0.3, -0.25) is 0 Å². The lowest BCUT2D eigenvalue weighted by Gasteiger charge is -2.11. The summed E-state index contributed by atoms with van der Waals surface area (Å²) in [5, 5.41) is 14.2. The third kappa shape index (κ3) is 4.48. The van der Waals surface area contributed by atoms with Crippen molar-refractivity contribution in [2.24, 2.45) is 12.0 Å². The van der Waals surface area contributed by atoms with Gasteiger partial charge in [0.1, 0.15) is 17.5 Å². The molecule has 124 valence electrons. The quantitative estimate of drug-likeness (QED) is 0.649. The van der Waals surface area contributed by atoms with Gasteiger partial charge in [0.25, 0.3) is 0 Å². The molecule has 1 aromatic heterocycles. The Labute approximate surface area is 133 Å². The van der Waals surface area contributed by atoms with Crippen LogP contribution in [0.25, 0.3) is 0 Å². The standard InChI is InChI=1S/C15H20F2N6/c1-4-18-15(20-9-14-22-21-10(2)23(14)3)19-8-11-7-12(16)5-6-13(11)17/h5-7H,4,8-9H2,1-3H3,(H2,18,19,20). The van der Waals surface area contributed by atoms with Gasteiger partial charge in [-0.05, 0) is 32.0 Å². The summed E-state index contributed by atoms with van der Waals surface area (Å²) in [6.07, 6.45) is 0. The zero-order valence-corrected chi connectivity index (χ0v) is 13.4. The topological polar surface area (TPSA) is 67.1 Å². The van der Waals surface area contributed by atoms with Gasteiger partial charge >= 0.3 is 0 Å². The van der Waals surface area contributed by atoms with Crippen LogP contribution in [0.4, 0.5) is 8.78 Å². The van der Waals surface area contributed by atoms with Gasteiger partial charge in [-0.15, -0.1) is 10.2 Å². The van der Waals surface area contributed by atoms with Gasteiger partial charge in [-0.1, -0.05) is 0 Å². The lowest BCUT2D eigenvalue weighted by atomic mass is 10.2. The minimum absolute atomic E-state index is 0.0385. The van der Waals surface area contributed by atoms with Crippen LogP contribution in [0.2, 0.25) is 0 Å². The van der Waals surface area contributed by atoms with E-state index >= 15 is 0 Å². The van der Waals surface area contributed by atoms with E-state index in [1.165, 1.54) is 0 Å². The zero-order valence-electron chi connectivity index (χ0n) is 13.4. The summed E-state index contributed by atoms with van der Waals surface area (Å²) in [4.78, 5) is 4.27. The Morgan fingerprint density at radius 2 is 2.04 bits per heavy atom. The monoisotopic (exact) mass is 322 g/mol. The van der Waals surface area contributed by atoms with Crippen molar-refractivity contribution in [3.05, 3.63) is 47.0 Å². The second-order valence-corrected chi connectivity index (χ2v) is 5.01. The van der Waals surface area contributed by atoms with Crippen LogP contribution in [0.5, 0.6) is 0 Å². The maximum atomic E-state index is 13.6. The molecular formula is C15H20F2N6. The van der Waals surface area contributed by atoms with Crippen molar-refractivity contribution in [2.75, 3.05) is 6.54 Å². The van der Waals surface area contributed by atoms with Crippen LogP contribution >= 0.6 is 0 Å². The lowest BCUT2D eigenvalue weighted by Crippen LogP contribution is -2.37. The SMILES string of the molecule is CCNC(=NCc1cc(F)ccc1F)NCc1nnc(C)n1C. The van der Waals surface area contributed by atoms with E-state index in [4.69, 9.17) is 0 Å². The molecule has 6 nitrogen and oxygen atoms in total. The van der Waals surface area contributed by atoms with Crippen LogP contribution in [0.15, 0.2) is 23.2 Å². The molecule has 0 bridgehead atoms. The predicted octanol–water partition coefficient (Wildman–Crippen LogP) is 1.66. The first-order valence-electron chi connectivity index (χ1n) is 7.32. The van der Waals surface area contributed by atoms with Crippen LogP contribution in [0.3, 0.4) is 0 Å². The molecule has 2 N–H and O–H groups in total. The molecule has 1 heterocycles. The number of aryl methyl sites for hydroxylation is 1. The summed E-state index contributed by atoms with van der Waals surface area (Å²) in [5.74, 6) is 1.10. The molecular weight excluding hydrogens is 302 g/mol. The van der Waals surface area contributed by atoms with Gasteiger partial charge in [0.05, 0.1) is 13.1 Å². The van der Waals surface area contributed by atoms with Crippen LogP contribution in [0.1, 0.15) is 24.1 Å². The Morgan fingerprint density at radius 1 is 1.26 bits per heavy atom. The molecule has 23 heavy (non-hydrogen) atoms. The maximum Gasteiger partial charge on any atom is 0.191 e. The number of hydrogen-bond acceptors (Lipinski definition) is 3. The molecule has 2 aromatic rings. The highest BCUT2D eigenvalue weighted by Gasteiger charge is 2.07. The van der Waals surface area contributed by atoms with Crippen molar-refractivity contribution >= 4 is 5.96 Å². The van der Waals surface area contributed by atoms with Gasteiger partial charge in [0.2, 0.25) is 0 Å². The Balaban J connectivity index is 2.05. The first-order valence-corrected chi connectivity index (χ1v) is 7.32. The van der Waals surface area contributed by atoms with Gasteiger partial charge in [0.15, 0.2) is 11.8 Å². The number of hydrogen-bond donors (Lipinski definition) is 2. The molecule has 0 spiro atoms. The molecule has 0 radical (unpaired) electrons. The van der Waals surface area contributed by atoms with E-state index in [1.807, 2.05) is 25.5 Å². The van der Waals surface area contributed by atoms with E-state index in [-0.39, 0.29) is 12.1 Å². The van der Waals surface area contributed by atoms with E-state index in [9.17, 15) is 8.78 Å². The summed E-state index contributed by atoms with van der Waals surface area (Å²) in [6, 6.07) is 3.33. The first kappa shape index (κ1) is 16.9. The molecule has 0 aliphatic rings. The summed E-state index contributed by atoms with van der Waals surface area (Å²) in [5.41, 5.74) is 0.205. The van der Waals surface area contributed by atoms with Crippen molar-refractivity contribution < 1.29 is 8.78 Å². The zero-order chi connectivity index (χ0) is 16.8. The summed E-state index contributed by atoms with van der Waals surface area (Å²) >= 11 is 0. The second-order valence-electron chi connectivity index (χ2n) is 5.01. The number of nitrogens with zero attached hydrogens (tertiary/aromatic N) is 4. The Morgan fingerprint density at radius 3 is 2.70 bits per heavy atom. The molecule has 0 aliphatic heterocycles. The van der Waals surface area contributed by atoms with E-state index in [1.54, 1.807) is 0 Å². The predicted molar refractivity (Wildman–Crippen MR) is 83.8 cm³/mol. The highest BCUT2D eigenvalue weighted by molar-refractivity contribution is 5.79. The average molecular weight is 322 g/mol. The molecule has 0 amide bonds. The molecule has 8 heteroatoms. The van der Waals surface area contributed by atoms with Gasteiger partial charge < -0.3 is 15.2 Å². The number of aliphatic imine (C=N–C) groups is 1. The minimum atomic E-state index is -0.482. The molecule has 0 saturated carbocycles. The fourth-order valence-electron chi connectivity index (χ4n) is 1.94. The van der Waals surface area contributed by atoms with Crippen LogP contribution in [-0.2, 0) is 20.1 Å². The van der Waals surface area contributed by atoms with E-state index < -0.39 is 11.6 Å². The average Bonchev–Trinajstić information content (AvgIpc) is 2.85. The minimum Gasteiger partial charge on any atom is -0.357 e. The van der Waals surface area contributed by atoms with Crippen LogP contribution in [-0.4, -0.2) is 27.3 Å². The Hall–Kier alpha value is -2.51. The molecule has 0 unspecified atom stereocenters. The normalized spacial score (nSPS) is 11.6. The molecule has 0 atom stereocenters. The number of halogens is 2. The fourth-order valence-corrected chi connectivity index (χ4v) is 1.94. The number of aromatic nitrogens is 3. The number of rotatable bonds is 5. The van der Waals surface area contributed by atoms with Gasteiger partial charge in [-0.2, -0.15) is 0 Å². The van der Waals surface area contributed by atoms with E-state index in [0.717, 1.165) is 29.8 Å². The van der Waals surface area contributed by atoms with Crippen LogP contribution in [0, 0.1) is 18.6 Å². The first-order chi connectivity index (χ1) is 11.0. The Bertz CT molecular complexity index is 695. The van der Waals surface area contributed by atoms with Crippen molar-refractivity contribution in [1.29, 1.82) is 0 Å². The third-order valence-corrected chi connectivity index (χ3v) is 3.36. The molecule has 0 saturated heterocycles. The number of guanidine groups is 1. The lowest BCUT2D eigenvalue weighted by molar-refractivity contribution is 0.585. The number of benzene rings is 1. The van der Waals surface area contributed by atoms with Crippen molar-refractivity contribution in [3.63, 3.8) is 0 Å². The van der Waals surface area contributed by atoms with Crippen LogP contribution < -0.4 is 10.6 Å².